The van der Waals surface area contributed by atoms with Gasteiger partial charge in [0.15, 0.2) is 11.5 Å². The number of fused-ring (bicyclic) bond motifs is 2. The highest BCUT2D eigenvalue weighted by atomic mass is 32.1. The number of ether oxygens (including phenoxy) is 3. The Labute approximate surface area is 154 Å². The van der Waals surface area contributed by atoms with Crippen LogP contribution in [-0.4, -0.2) is 26.1 Å². The zero-order valence-corrected chi connectivity index (χ0v) is 15.2. The van der Waals surface area contributed by atoms with E-state index in [0.717, 1.165) is 29.7 Å². The van der Waals surface area contributed by atoms with Crippen molar-refractivity contribution in [3.63, 3.8) is 0 Å². The van der Waals surface area contributed by atoms with Crippen molar-refractivity contribution < 1.29 is 23.8 Å². The molecule has 0 saturated carbocycles. The van der Waals surface area contributed by atoms with Gasteiger partial charge in [0.25, 0.3) is 5.91 Å². The highest BCUT2D eigenvalue weighted by molar-refractivity contribution is 7.16. The molecule has 1 aliphatic carbocycles. The van der Waals surface area contributed by atoms with Crippen molar-refractivity contribution in [2.45, 2.75) is 25.5 Å². The standard InChI is InChI=1S/C18H18N2O5S/c1-23-10-7-6-9-12(14(10)24-2)18(22)25-16(9)20-17-13(15(19)21)8-4-3-5-11(8)26-17/h6-7,16,20H,3-5H2,1-2H3,(H2,19,21)/t16-/m0/s1. The number of anilines is 1. The van der Waals surface area contributed by atoms with Crippen molar-refractivity contribution in [1.82, 2.24) is 0 Å². The lowest BCUT2D eigenvalue weighted by atomic mass is 10.1. The molecule has 0 fully saturated rings. The van der Waals surface area contributed by atoms with E-state index in [4.69, 9.17) is 19.9 Å². The van der Waals surface area contributed by atoms with E-state index in [1.165, 1.54) is 25.6 Å². The van der Waals surface area contributed by atoms with Gasteiger partial charge in [0.2, 0.25) is 6.23 Å². The average Bonchev–Trinajstić information content (AvgIpc) is 3.27. The van der Waals surface area contributed by atoms with Gasteiger partial charge in [-0.3, -0.25) is 4.79 Å². The summed E-state index contributed by atoms with van der Waals surface area (Å²) < 4.78 is 16.1. The maximum atomic E-state index is 12.4. The molecule has 136 valence electrons. The average molecular weight is 374 g/mol. The summed E-state index contributed by atoms with van der Waals surface area (Å²) in [6.45, 7) is 0. The van der Waals surface area contributed by atoms with Crippen LogP contribution in [0.1, 0.15) is 49.4 Å². The first-order valence-corrected chi connectivity index (χ1v) is 9.03. The van der Waals surface area contributed by atoms with E-state index in [1.807, 2.05) is 0 Å². The van der Waals surface area contributed by atoms with Crippen molar-refractivity contribution >= 4 is 28.2 Å². The first-order valence-electron chi connectivity index (χ1n) is 8.21. The maximum absolute atomic E-state index is 12.4. The molecular weight excluding hydrogens is 356 g/mol. The highest BCUT2D eigenvalue weighted by Gasteiger charge is 2.37. The molecular formula is C18H18N2O5S. The summed E-state index contributed by atoms with van der Waals surface area (Å²) in [7, 11) is 2.98. The summed E-state index contributed by atoms with van der Waals surface area (Å²) in [4.78, 5) is 25.5. The fraction of sp³-hybridized carbons (Fsp3) is 0.333. The summed E-state index contributed by atoms with van der Waals surface area (Å²) in [6, 6.07) is 3.47. The van der Waals surface area contributed by atoms with Crippen molar-refractivity contribution in [3.8, 4) is 11.5 Å². The highest BCUT2D eigenvalue weighted by Crippen LogP contribution is 2.45. The van der Waals surface area contributed by atoms with Gasteiger partial charge < -0.3 is 25.3 Å². The van der Waals surface area contributed by atoms with Crippen LogP contribution >= 0.6 is 11.3 Å². The number of aryl methyl sites for hydroxylation is 1. The van der Waals surface area contributed by atoms with Gasteiger partial charge in [-0.2, -0.15) is 0 Å². The van der Waals surface area contributed by atoms with Crippen LogP contribution in [0.3, 0.4) is 0 Å². The van der Waals surface area contributed by atoms with Crippen LogP contribution in [0, 0.1) is 0 Å². The molecule has 1 amide bonds. The zero-order chi connectivity index (χ0) is 18.4. The summed E-state index contributed by atoms with van der Waals surface area (Å²) >= 11 is 1.50. The summed E-state index contributed by atoms with van der Waals surface area (Å²) in [6.07, 6.45) is 2.10. The van der Waals surface area contributed by atoms with Gasteiger partial charge in [0.1, 0.15) is 10.6 Å². The Balaban J connectivity index is 1.73. The molecule has 26 heavy (non-hydrogen) atoms. The number of esters is 1. The van der Waals surface area contributed by atoms with Gasteiger partial charge in [-0.25, -0.2) is 4.79 Å². The zero-order valence-electron chi connectivity index (χ0n) is 14.4. The summed E-state index contributed by atoms with van der Waals surface area (Å²) in [5.74, 6) is -0.179. The second-order valence-electron chi connectivity index (χ2n) is 6.12. The molecule has 0 unspecified atom stereocenters. The van der Waals surface area contributed by atoms with Gasteiger partial charge in [0.05, 0.1) is 19.8 Å². The molecule has 3 N–H and O–H groups in total. The van der Waals surface area contributed by atoms with Crippen molar-refractivity contribution in [1.29, 1.82) is 0 Å². The first-order chi connectivity index (χ1) is 12.5. The third-order valence-electron chi connectivity index (χ3n) is 4.72. The van der Waals surface area contributed by atoms with Crippen LogP contribution in [-0.2, 0) is 17.6 Å². The van der Waals surface area contributed by atoms with Gasteiger partial charge in [-0.15, -0.1) is 11.3 Å². The number of benzene rings is 1. The van der Waals surface area contributed by atoms with E-state index < -0.39 is 18.1 Å². The number of thiophene rings is 1. The Kier molecular flexibility index (Phi) is 3.99. The molecule has 7 nitrogen and oxygen atoms in total. The molecule has 0 radical (unpaired) electrons. The molecule has 2 aliphatic rings. The monoisotopic (exact) mass is 374 g/mol. The normalized spacial score (nSPS) is 17.5. The number of methoxy groups -OCH3 is 2. The van der Waals surface area contributed by atoms with Crippen LogP contribution in [0.15, 0.2) is 12.1 Å². The minimum absolute atomic E-state index is 0.328. The molecule has 1 aromatic heterocycles. The number of primary amides is 1. The number of hydrogen-bond acceptors (Lipinski definition) is 7. The lowest BCUT2D eigenvalue weighted by molar-refractivity contribution is 0.0435. The number of amides is 1. The predicted octanol–water partition coefficient (Wildman–Crippen LogP) is 2.63. The number of cyclic esters (lactones) is 1. The molecule has 1 aromatic carbocycles. The summed E-state index contributed by atoms with van der Waals surface area (Å²) in [5, 5.41) is 3.82. The fourth-order valence-electron chi connectivity index (χ4n) is 3.59. The SMILES string of the molecule is COc1ccc2c(c1OC)C(=O)O[C@@H]2Nc1sc2c(c1C(N)=O)CCC2. The Morgan fingerprint density at radius 2 is 2.12 bits per heavy atom. The largest absolute Gasteiger partial charge is 0.493 e. The number of carbonyl (C=O) groups is 2. The minimum Gasteiger partial charge on any atom is -0.493 e. The van der Waals surface area contributed by atoms with Crippen LogP contribution in [0.5, 0.6) is 11.5 Å². The van der Waals surface area contributed by atoms with E-state index in [1.54, 1.807) is 12.1 Å². The first kappa shape index (κ1) is 16.7. The van der Waals surface area contributed by atoms with Gasteiger partial charge in [-0.05, 0) is 37.0 Å². The third-order valence-corrected chi connectivity index (χ3v) is 5.94. The second kappa shape index (κ2) is 6.21. The molecule has 0 spiro atoms. The Bertz CT molecular complexity index is 921. The third kappa shape index (κ3) is 2.40. The van der Waals surface area contributed by atoms with Crippen molar-refractivity contribution in [3.05, 3.63) is 39.3 Å². The predicted molar refractivity (Wildman–Crippen MR) is 96.2 cm³/mol. The maximum Gasteiger partial charge on any atom is 0.344 e. The number of carbonyl (C=O) groups excluding carboxylic acids is 2. The van der Waals surface area contributed by atoms with Crippen LogP contribution in [0.25, 0.3) is 0 Å². The van der Waals surface area contributed by atoms with Crippen molar-refractivity contribution in [2.75, 3.05) is 19.5 Å². The van der Waals surface area contributed by atoms with Crippen molar-refractivity contribution in [2.24, 2.45) is 5.73 Å². The van der Waals surface area contributed by atoms with Gasteiger partial charge in [-0.1, -0.05) is 0 Å². The molecule has 2 heterocycles. The number of nitrogens with two attached hydrogens (primary N) is 1. The molecule has 1 aliphatic heterocycles. The fourth-order valence-corrected chi connectivity index (χ4v) is 4.91. The molecule has 4 rings (SSSR count). The molecule has 0 saturated heterocycles. The summed E-state index contributed by atoms with van der Waals surface area (Å²) in [5.41, 5.74) is 8.08. The van der Waals surface area contributed by atoms with E-state index in [2.05, 4.69) is 5.32 Å². The van der Waals surface area contributed by atoms with E-state index >= 15 is 0 Å². The Morgan fingerprint density at radius 3 is 2.81 bits per heavy atom. The van der Waals surface area contributed by atoms with Crippen LogP contribution < -0.4 is 20.5 Å². The molecule has 1 atom stereocenters. The lowest BCUT2D eigenvalue weighted by Crippen LogP contribution is -2.17. The van der Waals surface area contributed by atoms with Gasteiger partial charge >= 0.3 is 5.97 Å². The second-order valence-corrected chi connectivity index (χ2v) is 7.23. The number of hydrogen-bond donors (Lipinski definition) is 2. The van der Waals surface area contributed by atoms with Crippen LogP contribution in [0.4, 0.5) is 5.00 Å². The van der Waals surface area contributed by atoms with E-state index in [-0.39, 0.29) is 0 Å². The minimum atomic E-state index is -0.714. The smallest absolute Gasteiger partial charge is 0.344 e. The van der Waals surface area contributed by atoms with Crippen LogP contribution in [0.2, 0.25) is 0 Å². The number of nitrogens with one attached hydrogen (secondary N) is 1. The van der Waals surface area contributed by atoms with E-state index in [0.29, 0.717) is 33.2 Å². The van der Waals surface area contributed by atoms with E-state index in [9.17, 15) is 9.59 Å². The Hall–Kier alpha value is -2.74. The Morgan fingerprint density at radius 1 is 1.31 bits per heavy atom. The van der Waals surface area contributed by atoms with Gasteiger partial charge in [0, 0.05) is 10.4 Å². The molecule has 2 aromatic rings. The lowest BCUT2D eigenvalue weighted by Gasteiger charge is -2.15. The molecule has 8 heteroatoms. The number of rotatable bonds is 5. The molecule has 0 bridgehead atoms. The quantitative estimate of drug-likeness (QED) is 0.781. The topological polar surface area (TPSA) is 99.9 Å².